The largest absolute Gasteiger partial charge is 0.397 e. The fraction of sp³-hybridized carbons (Fsp3) is 0.571. The molecular formula is C14H22N2O. The van der Waals surface area contributed by atoms with Crippen LogP contribution in [0.2, 0.25) is 0 Å². The minimum atomic E-state index is -0.547. The van der Waals surface area contributed by atoms with Crippen LogP contribution in [-0.2, 0) is 0 Å². The summed E-state index contributed by atoms with van der Waals surface area (Å²) in [6, 6.07) is 5.93. The van der Waals surface area contributed by atoms with E-state index in [0.717, 1.165) is 37.1 Å². The minimum absolute atomic E-state index is 0.547. The average molecular weight is 234 g/mol. The lowest BCUT2D eigenvalue weighted by Crippen LogP contribution is -2.38. The molecule has 1 aromatic carbocycles. The summed E-state index contributed by atoms with van der Waals surface area (Å²) in [6.45, 7) is 2.64. The van der Waals surface area contributed by atoms with Gasteiger partial charge in [0, 0.05) is 6.54 Å². The first kappa shape index (κ1) is 12.2. The van der Waals surface area contributed by atoms with E-state index in [-0.39, 0.29) is 0 Å². The Kier molecular flexibility index (Phi) is 3.57. The molecule has 17 heavy (non-hydrogen) atoms. The Bertz CT molecular complexity index is 384. The van der Waals surface area contributed by atoms with Gasteiger partial charge in [0.05, 0.1) is 17.0 Å². The van der Waals surface area contributed by atoms with Crippen molar-refractivity contribution in [3.05, 3.63) is 23.8 Å². The van der Waals surface area contributed by atoms with Crippen molar-refractivity contribution in [3.63, 3.8) is 0 Å². The molecule has 1 aliphatic carbocycles. The van der Waals surface area contributed by atoms with Crippen molar-refractivity contribution in [1.82, 2.24) is 0 Å². The van der Waals surface area contributed by atoms with Crippen LogP contribution in [0.25, 0.3) is 0 Å². The highest BCUT2D eigenvalue weighted by molar-refractivity contribution is 5.67. The van der Waals surface area contributed by atoms with E-state index in [1.54, 1.807) is 0 Å². The van der Waals surface area contributed by atoms with Crippen LogP contribution in [0.1, 0.15) is 37.7 Å². The summed E-state index contributed by atoms with van der Waals surface area (Å²) in [5, 5.41) is 13.7. The van der Waals surface area contributed by atoms with E-state index in [2.05, 4.69) is 5.32 Å². The topological polar surface area (TPSA) is 58.3 Å². The van der Waals surface area contributed by atoms with Crippen LogP contribution in [0, 0.1) is 6.92 Å². The quantitative estimate of drug-likeness (QED) is 0.705. The SMILES string of the molecule is Cc1ccc(N)c(NCC2(O)CCCCC2)c1. The summed E-state index contributed by atoms with van der Waals surface area (Å²) in [5.41, 5.74) is 8.21. The second-order valence-corrected chi connectivity index (χ2v) is 5.23. The Hall–Kier alpha value is -1.22. The predicted molar refractivity (Wildman–Crippen MR) is 72.1 cm³/mol. The smallest absolute Gasteiger partial charge is 0.0819 e. The standard InChI is InChI=1S/C14H22N2O/c1-11-5-6-12(15)13(9-11)16-10-14(17)7-3-2-4-8-14/h5-6,9,16-17H,2-4,7-8,10,15H2,1H3. The number of aryl methyl sites for hydroxylation is 1. The number of benzene rings is 1. The summed E-state index contributed by atoms with van der Waals surface area (Å²) in [4.78, 5) is 0. The molecule has 3 heteroatoms. The first-order valence-corrected chi connectivity index (χ1v) is 6.41. The zero-order chi connectivity index (χ0) is 12.3. The van der Waals surface area contributed by atoms with Gasteiger partial charge >= 0.3 is 0 Å². The molecule has 0 unspecified atom stereocenters. The van der Waals surface area contributed by atoms with E-state index in [9.17, 15) is 5.11 Å². The van der Waals surface area contributed by atoms with E-state index < -0.39 is 5.60 Å². The van der Waals surface area contributed by atoms with E-state index in [1.807, 2.05) is 25.1 Å². The van der Waals surface area contributed by atoms with Gasteiger partial charge in [-0.05, 0) is 37.5 Å². The maximum atomic E-state index is 10.4. The highest BCUT2D eigenvalue weighted by atomic mass is 16.3. The van der Waals surface area contributed by atoms with Crippen LogP contribution < -0.4 is 11.1 Å². The molecule has 1 aliphatic rings. The maximum absolute atomic E-state index is 10.4. The molecule has 0 heterocycles. The number of anilines is 2. The van der Waals surface area contributed by atoms with Gasteiger partial charge in [-0.15, -0.1) is 0 Å². The van der Waals surface area contributed by atoms with Crippen molar-refractivity contribution in [1.29, 1.82) is 0 Å². The molecule has 3 nitrogen and oxygen atoms in total. The average Bonchev–Trinajstić information content (AvgIpc) is 2.31. The summed E-state index contributed by atoms with van der Waals surface area (Å²) in [7, 11) is 0. The van der Waals surface area contributed by atoms with Crippen molar-refractivity contribution in [2.45, 2.75) is 44.6 Å². The number of hydrogen-bond donors (Lipinski definition) is 3. The van der Waals surface area contributed by atoms with Crippen molar-refractivity contribution < 1.29 is 5.11 Å². The Morgan fingerprint density at radius 2 is 2.00 bits per heavy atom. The van der Waals surface area contributed by atoms with Gasteiger partial charge in [0.1, 0.15) is 0 Å². The lowest BCUT2D eigenvalue weighted by atomic mass is 9.85. The lowest BCUT2D eigenvalue weighted by molar-refractivity contribution is 0.0167. The molecule has 0 bridgehead atoms. The number of aliphatic hydroxyl groups is 1. The fourth-order valence-electron chi connectivity index (χ4n) is 2.47. The van der Waals surface area contributed by atoms with Gasteiger partial charge in [-0.3, -0.25) is 0 Å². The molecule has 0 spiro atoms. The van der Waals surface area contributed by atoms with Crippen LogP contribution in [0.4, 0.5) is 11.4 Å². The van der Waals surface area contributed by atoms with Crippen LogP contribution in [0.5, 0.6) is 0 Å². The second-order valence-electron chi connectivity index (χ2n) is 5.23. The minimum Gasteiger partial charge on any atom is -0.397 e. The van der Waals surface area contributed by atoms with Gasteiger partial charge < -0.3 is 16.2 Å². The molecule has 0 aromatic heterocycles. The molecule has 0 amide bonds. The van der Waals surface area contributed by atoms with Crippen LogP contribution in [0.15, 0.2) is 18.2 Å². The third-order valence-electron chi connectivity index (χ3n) is 3.60. The van der Waals surface area contributed by atoms with Crippen LogP contribution in [0.3, 0.4) is 0 Å². The third kappa shape index (κ3) is 3.13. The normalized spacial score (nSPS) is 18.9. The van der Waals surface area contributed by atoms with Crippen LogP contribution >= 0.6 is 0 Å². The number of nitrogens with two attached hydrogens (primary N) is 1. The third-order valence-corrected chi connectivity index (χ3v) is 3.60. The molecule has 4 N–H and O–H groups in total. The molecular weight excluding hydrogens is 212 g/mol. The summed E-state index contributed by atoms with van der Waals surface area (Å²) < 4.78 is 0. The molecule has 1 aromatic rings. The van der Waals surface area contributed by atoms with Gasteiger partial charge in [-0.1, -0.05) is 25.3 Å². The Morgan fingerprint density at radius 3 is 2.71 bits per heavy atom. The Balaban J connectivity index is 1.99. The monoisotopic (exact) mass is 234 g/mol. The molecule has 1 fully saturated rings. The number of hydrogen-bond acceptors (Lipinski definition) is 3. The second kappa shape index (κ2) is 4.96. The van der Waals surface area contributed by atoms with Gasteiger partial charge in [0.25, 0.3) is 0 Å². The summed E-state index contributed by atoms with van der Waals surface area (Å²) >= 11 is 0. The molecule has 0 radical (unpaired) electrons. The Morgan fingerprint density at radius 1 is 1.29 bits per heavy atom. The Labute approximate surface area is 103 Å². The van der Waals surface area contributed by atoms with E-state index in [0.29, 0.717) is 6.54 Å². The molecule has 0 atom stereocenters. The lowest BCUT2D eigenvalue weighted by Gasteiger charge is -2.32. The van der Waals surface area contributed by atoms with Gasteiger partial charge in [-0.2, -0.15) is 0 Å². The van der Waals surface area contributed by atoms with E-state index >= 15 is 0 Å². The number of rotatable bonds is 3. The van der Waals surface area contributed by atoms with E-state index in [1.165, 1.54) is 12.0 Å². The predicted octanol–water partition coefficient (Wildman–Crippen LogP) is 2.68. The molecule has 0 saturated heterocycles. The fourth-order valence-corrected chi connectivity index (χ4v) is 2.47. The number of nitrogen functional groups attached to an aromatic ring is 1. The molecule has 1 saturated carbocycles. The molecule has 2 rings (SSSR count). The maximum Gasteiger partial charge on any atom is 0.0819 e. The van der Waals surface area contributed by atoms with Crippen molar-refractivity contribution in [2.24, 2.45) is 0 Å². The van der Waals surface area contributed by atoms with Gasteiger partial charge in [-0.25, -0.2) is 0 Å². The van der Waals surface area contributed by atoms with Crippen molar-refractivity contribution >= 4 is 11.4 Å². The summed E-state index contributed by atoms with van der Waals surface area (Å²) in [6.07, 6.45) is 5.29. The van der Waals surface area contributed by atoms with Gasteiger partial charge in [0.15, 0.2) is 0 Å². The highest BCUT2D eigenvalue weighted by Gasteiger charge is 2.28. The first-order valence-electron chi connectivity index (χ1n) is 6.41. The molecule has 94 valence electrons. The molecule has 0 aliphatic heterocycles. The van der Waals surface area contributed by atoms with Crippen molar-refractivity contribution in [2.75, 3.05) is 17.6 Å². The van der Waals surface area contributed by atoms with Crippen molar-refractivity contribution in [3.8, 4) is 0 Å². The first-order chi connectivity index (χ1) is 8.09. The van der Waals surface area contributed by atoms with Crippen LogP contribution in [-0.4, -0.2) is 17.3 Å². The highest BCUT2D eigenvalue weighted by Crippen LogP contribution is 2.29. The zero-order valence-corrected chi connectivity index (χ0v) is 10.5. The number of nitrogens with one attached hydrogen (secondary N) is 1. The van der Waals surface area contributed by atoms with Gasteiger partial charge in [0.2, 0.25) is 0 Å². The van der Waals surface area contributed by atoms with E-state index in [4.69, 9.17) is 5.73 Å². The zero-order valence-electron chi connectivity index (χ0n) is 10.5. The summed E-state index contributed by atoms with van der Waals surface area (Å²) in [5.74, 6) is 0.